The average Bonchev–Trinajstić information content (AvgIpc) is 2.14. The molecule has 14 heavy (non-hydrogen) atoms. The molecule has 1 atom stereocenters. The Labute approximate surface area is 84.1 Å². The first-order valence-corrected chi connectivity index (χ1v) is 4.42. The van der Waals surface area contributed by atoms with Crippen molar-refractivity contribution < 1.29 is 19.7 Å². The van der Waals surface area contributed by atoms with Crippen LogP contribution >= 0.6 is 0 Å². The Bertz CT molecular complexity index is 201. The number of β-amino-alcohol motifs (C(OH)–C–C–N with tert-alkyl or cyclic N) is 1. The predicted molar refractivity (Wildman–Crippen MR) is 51.8 cm³/mol. The van der Waals surface area contributed by atoms with Crippen LogP contribution in [0.2, 0.25) is 0 Å². The van der Waals surface area contributed by atoms with Crippen LogP contribution < -0.4 is 5.32 Å². The minimum Gasteiger partial charge on any atom is -0.467 e. The van der Waals surface area contributed by atoms with Crippen LogP contribution in [-0.2, 0) is 9.53 Å². The molecule has 0 aromatic rings. The number of aliphatic hydroxyl groups excluding tert-OH is 1. The van der Waals surface area contributed by atoms with Gasteiger partial charge in [-0.15, -0.1) is 0 Å². The van der Waals surface area contributed by atoms with E-state index in [4.69, 9.17) is 5.11 Å². The van der Waals surface area contributed by atoms with E-state index in [-0.39, 0.29) is 13.2 Å². The number of carbonyl (C=O) groups is 1. The van der Waals surface area contributed by atoms with Crippen molar-refractivity contribution in [3.63, 3.8) is 0 Å². The first-order valence-electron chi connectivity index (χ1n) is 4.42. The molecule has 0 aliphatic carbocycles. The Hall–Kier alpha value is -0.650. The number of methoxy groups -OCH3 is 1. The van der Waals surface area contributed by atoms with E-state index in [0.29, 0.717) is 0 Å². The smallest absolute Gasteiger partial charge is 0.338 e. The maximum absolute atomic E-state index is 11.1. The number of hydrogen-bond acceptors (Lipinski definition) is 5. The summed E-state index contributed by atoms with van der Waals surface area (Å²) >= 11 is 0. The normalized spacial score (nSPS) is 16.1. The fourth-order valence-electron chi connectivity index (χ4n) is 0.759. The molecule has 0 saturated heterocycles. The van der Waals surface area contributed by atoms with Gasteiger partial charge in [0.05, 0.1) is 13.7 Å². The Kier molecular flexibility index (Phi) is 4.51. The quantitative estimate of drug-likeness (QED) is 0.516. The molecule has 0 bridgehead atoms. The largest absolute Gasteiger partial charge is 0.467 e. The topological polar surface area (TPSA) is 78.8 Å². The number of rotatable bonds is 5. The van der Waals surface area contributed by atoms with Crippen LogP contribution in [0, 0.1) is 0 Å². The van der Waals surface area contributed by atoms with Crippen molar-refractivity contribution in [1.82, 2.24) is 5.32 Å². The number of nitrogens with one attached hydrogen (secondary N) is 1. The van der Waals surface area contributed by atoms with Crippen LogP contribution in [0.15, 0.2) is 0 Å². The van der Waals surface area contributed by atoms with Crippen LogP contribution in [0.1, 0.15) is 20.8 Å². The van der Waals surface area contributed by atoms with Gasteiger partial charge in [-0.05, 0) is 20.8 Å². The van der Waals surface area contributed by atoms with Crippen molar-refractivity contribution in [3.8, 4) is 0 Å². The van der Waals surface area contributed by atoms with Crippen molar-refractivity contribution in [2.45, 2.75) is 31.9 Å². The van der Waals surface area contributed by atoms with Crippen molar-refractivity contribution in [3.05, 3.63) is 0 Å². The van der Waals surface area contributed by atoms with Gasteiger partial charge < -0.3 is 20.3 Å². The van der Waals surface area contributed by atoms with Crippen molar-refractivity contribution in [1.29, 1.82) is 0 Å². The monoisotopic (exact) mass is 205 g/mol. The van der Waals surface area contributed by atoms with Crippen molar-refractivity contribution in [2.75, 3.05) is 20.3 Å². The molecular formula is C9H19NO4. The number of ether oxygens (including phenoxy) is 1. The Morgan fingerprint density at radius 2 is 1.93 bits per heavy atom. The van der Waals surface area contributed by atoms with Gasteiger partial charge in [-0.1, -0.05) is 0 Å². The van der Waals surface area contributed by atoms with Gasteiger partial charge in [0.15, 0.2) is 5.60 Å². The van der Waals surface area contributed by atoms with E-state index in [0.717, 1.165) is 0 Å². The molecule has 0 spiro atoms. The Morgan fingerprint density at radius 1 is 1.43 bits per heavy atom. The summed E-state index contributed by atoms with van der Waals surface area (Å²) in [5.74, 6) is -0.696. The third-order valence-electron chi connectivity index (χ3n) is 1.93. The number of hydrogen-bond donors (Lipinski definition) is 3. The molecule has 0 radical (unpaired) electrons. The van der Waals surface area contributed by atoms with Gasteiger partial charge in [0, 0.05) is 12.1 Å². The molecule has 0 amide bonds. The molecule has 0 heterocycles. The van der Waals surface area contributed by atoms with E-state index >= 15 is 0 Å². The molecule has 1 unspecified atom stereocenters. The second-order valence-corrected chi connectivity index (χ2v) is 4.16. The SMILES string of the molecule is COC(=O)C(C)(O)CNC(C)(C)CO. The highest BCUT2D eigenvalue weighted by molar-refractivity contribution is 5.78. The summed E-state index contributed by atoms with van der Waals surface area (Å²) in [6, 6.07) is 0. The highest BCUT2D eigenvalue weighted by atomic mass is 16.5. The minimum atomic E-state index is -1.57. The second-order valence-electron chi connectivity index (χ2n) is 4.16. The van der Waals surface area contributed by atoms with Crippen molar-refractivity contribution >= 4 is 5.97 Å². The summed E-state index contributed by atoms with van der Waals surface area (Å²) in [6.45, 7) is 4.84. The molecule has 0 fully saturated rings. The summed E-state index contributed by atoms with van der Waals surface area (Å²) < 4.78 is 4.42. The lowest BCUT2D eigenvalue weighted by Gasteiger charge is -2.28. The summed E-state index contributed by atoms with van der Waals surface area (Å²) in [5, 5.41) is 21.4. The lowest BCUT2D eigenvalue weighted by atomic mass is 10.0. The van der Waals surface area contributed by atoms with Gasteiger partial charge in [0.2, 0.25) is 0 Å². The number of aliphatic hydroxyl groups is 2. The van der Waals surface area contributed by atoms with Gasteiger partial charge in [-0.3, -0.25) is 0 Å². The average molecular weight is 205 g/mol. The van der Waals surface area contributed by atoms with Crippen molar-refractivity contribution in [2.24, 2.45) is 0 Å². The van der Waals surface area contributed by atoms with Gasteiger partial charge in [0.1, 0.15) is 0 Å². The zero-order chi connectivity index (χ0) is 11.4. The second kappa shape index (κ2) is 4.72. The number of esters is 1. The summed E-state index contributed by atoms with van der Waals surface area (Å²) in [5.41, 5.74) is -2.10. The molecule has 3 N–H and O–H groups in total. The summed E-state index contributed by atoms with van der Waals surface area (Å²) in [4.78, 5) is 11.1. The van der Waals surface area contributed by atoms with Crippen LogP contribution in [0.4, 0.5) is 0 Å². The first-order chi connectivity index (χ1) is 6.25. The maximum atomic E-state index is 11.1. The third kappa shape index (κ3) is 4.04. The third-order valence-corrected chi connectivity index (χ3v) is 1.93. The molecule has 0 aliphatic heterocycles. The van der Waals surface area contributed by atoms with E-state index < -0.39 is 17.1 Å². The highest BCUT2D eigenvalue weighted by Gasteiger charge is 2.33. The van der Waals surface area contributed by atoms with Gasteiger partial charge >= 0.3 is 5.97 Å². The molecular weight excluding hydrogens is 186 g/mol. The minimum absolute atomic E-state index is 0.0350. The summed E-state index contributed by atoms with van der Waals surface area (Å²) in [7, 11) is 1.22. The lowest BCUT2D eigenvalue weighted by molar-refractivity contribution is -0.160. The molecule has 5 heteroatoms. The van der Waals surface area contributed by atoms with Gasteiger partial charge in [-0.2, -0.15) is 0 Å². The zero-order valence-electron chi connectivity index (χ0n) is 9.13. The van der Waals surface area contributed by atoms with Crippen LogP contribution in [0.3, 0.4) is 0 Å². The Balaban J connectivity index is 4.18. The fourth-order valence-corrected chi connectivity index (χ4v) is 0.759. The fraction of sp³-hybridized carbons (Fsp3) is 0.889. The van der Waals surface area contributed by atoms with E-state index in [1.807, 2.05) is 0 Å². The molecule has 0 saturated carbocycles. The Morgan fingerprint density at radius 3 is 2.29 bits per heavy atom. The van der Waals surface area contributed by atoms with Gasteiger partial charge in [-0.25, -0.2) is 4.79 Å². The maximum Gasteiger partial charge on any atom is 0.338 e. The van der Waals surface area contributed by atoms with Crippen LogP contribution in [-0.4, -0.2) is 47.6 Å². The van der Waals surface area contributed by atoms with E-state index in [1.165, 1.54) is 14.0 Å². The molecule has 0 aromatic heterocycles. The molecule has 0 aromatic carbocycles. The molecule has 5 nitrogen and oxygen atoms in total. The van der Waals surface area contributed by atoms with Crippen LogP contribution in [0.25, 0.3) is 0 Å². The number of carbonyl (C=O) groups excluding carboxylic acids is 1. The van der Waals surface area contributed by atoms with E-state index in [1.54, 1.807) is 13.8 Å². The molecule has 0 rings (SSSR count). The van der Waals surface area contributed by atoms with E-state index in [2.05, 4.69) is 10.1 Å². The first kappa shape index (κ1) is 13.4. The highest BCUT2D eigenvalue weighted by Crippen LogP contribution is 2.07. The van der Waals surface area contributed by atoms with E-state index in [9.17, 15) is 9.90 Å². The predicted octanol–water partition coefficient (Wildman–Crippen LogP) is -0.729. The standard InChI is InChI=1S/C9H19NO4/c1-8(2,6-11)10-5-9(3,13)7(12)14-4/h10-11,13H,5-6H2,1-4H3. The lowest BCUT2D eigenvalue weighted by Crippen LogP contribution is -2.53. The summed E-state index contributed by atoms with van der Waals surface area (Å²) in [6.07, 6.45) is 0. The zero-order valence-corrected chi connectivity index (χ0v) is 9.13. The molecule has 84 valence electrons. The van der Waals surface area contributed by atoms with Gasteiger partial charge in [0.25, 0.3) is 0 Å². The van der Waals surface area contributed by atoms with Crippen LogP contribution in [0.5, 0.6) is 0 Å². The molecule has 0 aliphatic rings.